The molecule has 0 saturated carbocycles. The van der Waals surface area contributed by atoms with E-state index < -0.39 is 11.5 Å². The summed E-state index contributed by atoms with van der Waals surface area (Å²) in [5, 5.41) is 12.3. The largest absolute Gasteiger partial charge is 0.496 e. The van der Waals surface area contributed by atoms with Crippen LogP contribution in [0, 0.1) is 19.3 Å². The summed E-state index contributed by atoms with van der Waals surface area (Å²) in [6, 6.07) is 5.41. The number of rotatable bonds is 5. The molecule has 0 aliphatic rings. The molecule has 2 N–H and O–H groups in total. The van der Waals surface area contributed by atoms with Crippen LogP contribution in [0.2, 0.25) is 0 Å². The number of benzene rings is 1. The Morgan fingerprint density at radius 3 is 2.78 bits per heavy atom. The summed E-state index contributed by atoms with van der Waals surface area (Å²) >= 11 is 0. The van der Waals surface area contributed by atoms with Gasteiger partial charge in [0.2, 0.25) is 0 Å². The molecule has 4 heteroatoms. The quantitative estimate of drug-likeness (QED) is 0.775. The fourth-order valence-corrected chi connectivity index (χ4v) is 1.73. The van der Waals surface area contributed by atoms with E-state index in [9.17, 15) is 9.90 Å². The molecular weight excluding hydrogens is 230 g/mol. The predicted octanol–water partition coefficient (Wildman–Crippen LogP) is 1.53. The molecule has 0 spiro atoms. The number of nitrogens with one attached hydrogen (secondary N) is 1. The van der Waals surface area contributed by atoms with Crippen molar-refractivity contribution in [2.45, 2.75) is 19.4 Å². The van der Waals surface area contributed by atoms with Gasteiger partial charge in [0.25, 0.3) is 0 Å². The number of terminal acetylenes is 1. The Balaban J connectivity index is 3.33. The summed E-state index contributed by atoms with van der Waals surface area (Å²) in [5.41, 5.74) is 0.248. The summed E-state index contributed by atoms with van der Waals surface area (Å²) in [6.45, 7) is 3.64. The molecule has 0 aromatic heterocycles. The Hall–Kier alpha value is -1.99. The third-order valence-electron chi connectivity index (χ3n) is 2.87. The maximum absolute atomic E-state index is 11.5. The van der Waals surface area contributed by atoms with Crippen LogP contribution in [0.4, 0.5) is 0 Å². The van der Waals surface area contributed by atoms with Crippen molar-refractivity contribution in [3.63, 3.8) is 0 Å². The second-order valence-electron chi connectivity index (χ2n) is 4.19. The van der Waals surface area contributed by atoms with Crippen molar-refractivity contribution in [3.8, 4) is 18.1 Å². The van der Waals surface area contributed by atoms with E-state index in [-0.39, 0.29) is 6.54 Å². The molecule has 1 unspecified atom stereocenters. The highest BCUT2D eigenvalue weighted by molar-refractivity contribution is 5.81. The smallest absolute Gasteiger partial charge is 0.328 e. The van der Waals surface area contributed by atoms with Gasteiger partial charge in [0, 0.05) is 5.56 Å². The molecule has 0 bridgehead atoms. The molecule has 96 valence electrons. The van der Waals surface area contributed by atoms with E-state index in [0.29, 0.717) is 11.3 Å². The van der Waals surface area contributed by atoms with Gasteiger partial charge in [-0.2, -0.15) is 0 Å². The molecule has 1 aromatic carbocycles. The molecule has 0 fully saturated rings. The molecule has 4 nitrogen and oxygen atoms in total. The van der Waals surface area contributed by atoms with Crippen LogP contribution in [0.5, 0.6) is 5.75 Å². The van der Waals surface area contributed by atoms with Gasteiger partial charge >= 0.3 is 5.97 Å². The zero-order chi connectivity index (χ0) is 13.8. The molecule has 1 atom stereocenters. The van der Waals surface area contributed by atoms with Crippen LogP contribution in [-0.4, -0.2) is 24.7 Å². The highest BCUT2D eigenvalue weighted by Gasteiger charge is 2.37. The van der Waals surface area contributed by atoms with Gasteiger partial charge in [-0.25, -0.2) is 4.79 Å². The summed E-state index contributed by atoms with van der Waals surface area (Å²) in [4.78, 5) is 11.5. The van der Waals surface area contributed by atoms with Crippen molar-refractivity contribution in [2.24, 2.45) is 0 Å². The van der Waals surface area contributed by atoms with Crippen molar-refractivity contribution in [1.82, 2.24) is 5.32 Å². The molecule has 0 aliphatic heterocycles. The number of ether oxygens (including phenoxy) is 1. The third-order valence-corrected chi connectivity index (χ3v) is 2.87. The summed E-state index contributed by atoms with van der Waals surface area (Å²) in [6.07, 6.45) is 5.18. The lowest BCUT2D eigenvalue weighted by atomic mass is 9.90. The van der Waals surface area contributed by atoms with Crippen molar-refractivity contribution in [1.29, 1.82) is 0 Å². The van der Waals surface area contributed by atoms with E-state index in [1.54, 1.807) is 19.1 Å². The molecule has 1 aromatic rings. The molecule has 0 aliphatic carbocycles. The summed E-state index contributed by atoms with van der Waals surface area (Å²) in [7, 11) is 1.51. The number of hydrogen-bond donors (Lipinski definition) is 2. The molecule has 0 amide bonds. The number of hydrogen-bond acceptors (Lipinski definition) is 3. The van der Waals surface area contributed by atoms with Crippen molar-refractivity contribution in [3.05, 3.63) is 29.3 Å². The second-order valence-corrected chi connectivity index (χ2v) is 4.19. The second kappa shape index (κ2) is 5.56. The first kappa shape index (κ1) is 14.1. The average Bonchev–Trinajstić information content (AvgIpc) is 2.35. The normalized spacial score (nSPS) is 13.4. The maximum Gasteiger partial charge on any atom is 0.328 e. The minimum atomic E-state index is -1.27. The Labute approximate surface area is 107 Å². The number of carboxylic acid groups (broad SMARTS) is 1. The SMILES string of the molecule is C#CCNC(C)(C(=O)O)c1cc(C)ccc1OC. The number of carbonyl (C=O) groups is 1. The van der Waals surface area contributed by atoms with E-state index in [1.807, 2.05) is 13.0 Å². The van der Waals surface area contributed by atoms with Gasteiger partial charge in [0.1, 0.15) is 11.3 Å². The Morgan fingerprint density at radius 1 is 1.61 bits per heavy atom. The first-order chi connectivity index (χ1) is 8.45. The molecule has 0 heterocycles. The average molecular weight is 247 g/mol. The molecule has 18 heavy (non-hydrogen) atoms. The lowest BCUT2D eigenvalue weighted by Gasteiger charge is -2.28. The first-order valence-electron chi connectivity index (χ1n) is 5.52. The van der Waals surface area contributed by atoms with Crippen LogP contribution in [0.15, 0.2) is 18.2 Å². The van der Waals surface area contributed by atoms with Crippen LogP contribution < -0.4 is 10.1 Å². The minimum Gasteiger partial charge on any atom is -0.496 e. The van der Waals surface area contributed by atoms with Gasteiger partial charge in [-0.15, -0.1) is 6.42 Å². The highest BCUT2D eigenvalue weighted by atomic mass is 16.5. The zero-order valence-corrected chi connectivity index (χ0v) is 10.8. The number of aliphatic carboxylic acids is 1. The molecular formula is C14H17NO3. The van der Waals surface area contributed by atoms with Gasteiger partial charge in [0.15, 0.2) is 0 Å². The van der Waals surface area contributed by atoms with E-state index in [0.717, 1.165) is 5.56 Å². The Morgan fingerprint density at radius 2 is 2.28 bits per heavy atom. The minimum absolute atomic E-state index is 0.167. The standard InChI is InChI=1S/C14H17NO3/c1-5-8-15-14(3,13(16)17)11-9-10(2)6-7-12(11)18-4/h1,6-7,9,15H,8H2,2-4H3,(H,16,17). The van der Waals surface area contributed by atoms with Gasteiger partial charge in [-0.3, -0.25) is 5.32 Å². The van der Waals surface area contributed by atoms with Gasteiger partial charge in [-0.1, -0.05) is 17.6 Å². The van der Waals surface area contributed by atoms with Crippen molar-refractivity contribution in [2.75, 3.05) is 13.7 Å². The van der Waals surface area contributed by atoms with E-state index in [4.69, 9.17) is 11.2 Å². The number of methoxy groups -OCH3 is 1. The summed E-state index contributed by atoms with van der Waals surface area (Å²) < 4.78 is 5.22. The maximum atomic E-state index is 11.5. The lowest BCUT2D eigenvalue weighted by Crippen LogP contribution is -2.47. The third kappa shape index (κ3) is 2.63. The first-order valence-corrected chi connectivity index (χ1v) is 5.52. The van der Waals surface area contributed by atoms with Crippen LogP contribution in [0.25, 0.3) is 0 Å². The Bertz CT molecular complexity index is 490. The summed E-state index contributed by atoms with van der Waals surface area (Å²) in [5.74, 6) is 1.91. The van der Waals surface area contributed by atoms with E-state index in [1.165, 1.54) is 7.11 Å². The lowest BCUT2D eigenvalue weighted by molar-refractivity contribution is -0.144. The zero-order valence-electron chi connectivity index (χ0n) is 10.8. The van der Waals surface area contributed by atoms with E-state index in [2.05, 4.69) is 11.2 Å². The van der Waals surface area contributed by atoms with E-state index >= 15 is 0 Å². The van der Waals surface area contributed by atoms with Crippen LogP contribution in [0.1, 0.15) is 18.1 Å². The van der Waals surface area contributed by atoms with Crippen molar-refractivity contribution < 1.29 is 14.6 Å². The van der Waals surface area contributed by atoms with Gasteiger partial charge in [-0.05, 0) is 26.0 Å². The van der Waals surface area contributed by atoms with Crippen LogP contribution in [-0.2, 0) is 10.3 Å². The number of carboxylic acids is 1. The molecule has 1 rings (SSSR count). The fourth-order valence-electron chi connectivity index (χ4n) is 1.73. The monoisotopic (exact) mass is 247 g/mol. The molecule has 0 saturated heterocycles. The highest BCUT2D eigenvalue weighted by Crippen LogP contribution is 2.31. The van der Waals surface area contributed by atoms with Gasteiger partial charge < -0.3 is 9.84 Å². The molecule has 0 radical (unpaired) electrons. The Kier molecular flexibility index (Phi) is 4.35. The van der Waals surface area contributed by atoms with Crippen LogP contribution in [0.3, 0.4) is 0 Å². The van der Waals surface area contributed by atoms with Crippen molar-refractivity contribution >= 4 is 5.97 Å². The number of aryl methyl sites for hydroxylation is 1. The topological polar surface area (TPSA) is 58.6 Å². The van der Waals surface area contributed by atoms with Gasteiger partial charge in [0.05, 0.1) is 13.7 Å². The predicted molar refractivity (Wildman–Crippen MR) is 69.6 cm³/mol. The van der Waals surface area contributed by atoms with Crippen LogP contribution >= 0.6 is 0 Å². The fraction of sp³-hybridized carbons (Fsp3) is 0.357.